The molecule has 1 heterocycles. The van der Waals surface area contributed by atoms with E-state index in [0.717, 1.165) is 39.5 Å². The topological polar surface area (TPSA) is 61.3 Å². The fourth-order valence-corrected chi connectivity index (χ4v) is 2.20. The number of nitrogens with two attached hydrogens (primary N) is 1. The molecule has 2 rings (SSSR count). The quantitative estimate of drug-likeness (QED) is 0.917. The summed E-state index contributed by atoms with van der Waals surface area (Å²) in [5.41, 5.74) is 10.8. The largest absolute Gasteiger partial charge is 0.494 e. The van der Waals surface area contributed by atoms with Gasteiger partial charge in [0.1, 0.15) is 17.2 Å². The van der Waals surface area contributed by atoms with E-state index in [-0.39, 0.29) is 0 Å². The highest BCUT2D eigenvalue weighted by molar-refractivity contribution is 5.69. The van der Waals surface area contributed by atoms with Crippen molar-refractivity contribution < 1.29 is 9.26 Å². The van der Waals surface area contributed by atoms with E-state index in [0.29, 0.717) is 13.2 Å². The molecule has 102 valence electrons. The molecule has 0 aliphatic rings. The van der Waals surface area contributed by atoms with Crippen molar-refractivity contribution in [1.29, 1.82) is 0 Å². The van der Waals surface area contributed by atoms with Gasteiger partial charge in [-0.2, -0.15) is 0 Å². The van der Waals surface area contributed by atoms with Crippen molar-refractivity contribution in [2.45, 2.75) is 34.2 Å². The minimum atomic E-state index is 0.427. The van der Waals surface area contributed by atoms with Crippen LogP contribution in [-0.4, -0.2) is 11.8 Å². The number of hydrogen-bond donors (Lipinski definition) is 1. The molecule has 0 aliphatic heterocycles. The first-order chi connectivity index (χ1) is 9.08. The molecule has 2 aromatic rings. The maximum atomic E-state index is 5.77. The zero-order valence-corrected chi connectivity index (χ0v) is 11.9. The van der Waals surface area contributed by atoms with Gasteiger partial charge in [-0.05, 0) is 51.0 Å². The predicted molar refractivity (Wildman–Crippen MR) is 75.2 cm³/mol. The molecule has 0 unspecified atom stereocenters. The van der Waals surface area contributed by atoms with E-state index in [1.807, 2.05) is 33.8 Å². The van der Waals surface area contributed by atoms with E-state index < -0.39 is 0 Å². The molecular formula is C15H20N2O2. The third-order valence-corrected chi connectivity index (χ3v) is 3.27. The van der Waals surface area contributed by atoms with Crippen molar-refractivity contribution in [3.05, 3.63) is 34.6 Å². The SMILES string of the molecule is CCOc1cc(C)c(-c2noc(C)c2CN)cc1C. The van der Waals surface area contributed by atoms with Crippen molar-refractivity contribution in [3.8, 4) is 17.0 Å². The Morgan fingerprint density at radius 1 is 1.21 bits per heavy atom. The lowest BCUT2D eigenvalue weighted by molar-refractivity contribution is 0.337. The minimum Gasteiger partial charge on any atom is -0.494 e. The lowest BCUT2D eigenvalue weighted by atomic mass is 9.98. The van der Waals surface area contributed by atoms with Gasteiger partial charge in [0, 0.05) is 17.7 Å². The highest BCUT2D eigenvalue weighted by Gasteiger charge is 2.16. The Morgan fingerprint density at radius 3 is 2.58 bits per heavy atom. The van der Waals surface area contributed by atoms with Crippen LogP contribution < -0.4 is 10.5 Å². The molecule has 4 heteroatoms. The number of nitrogens with zero attached hydrogens (tertiary/aromatic N) is 1. The molecule has 0 bridgehead atoms. The lowest BCUT2D eigenvalue weighted by Crippen LogP contribution is -2.00. The zero-order valence-electron chi connectivity index (χ0n) is 11.9. The van der Waals surface area contributed by atoms with Gasteiger partial charge in [-0.1, -0.05) is 5.16 Å². The molecule has 0 spiro atoms. The normalized spacial score (nSPS) is 10.8. The van der Waals surface area contributed by atoms with Crippen LogP contribution in [0.1, 0.15) is 29.4 Å². The summed E-state index contributed by atoms with van der Waals surface area (Å²) in [5.74, 6) is 1.70. The summed E-state index contributed by atoms with van der Waals surface area (Å²) < 4.78 is 10.9. The first-order valence-corrected chi connectivity index (χ1v) is 6.48. The van der Waals surface area contributed by atoms with E-state index in [2.05, 4.69) is 11.2 Å². The summed E-state index contributed by atoms with van der Waals surface area (Å²) in [4.78, 5) is 0. The Labute approximate surface area is 113 Å². The van der Waals surface area contributed by atoms with Gasteiger partial charge in [-0.25, -0.2) is 0 Å². The molecule has 19 heavy (non-hydrogen) atoms. The van der Waals surface area contributed by atoms with Crippen LogP contribution >= 0.6 is 0 Å². The summed E-state index contributed by atoms with van der Waals surface area (Å²) in [7, 11) is 0. The number of aryl methyl sites for hydroxylation is 3. The van der Waals surface area contributed by atoms with E-state index in [9.17, 15) is 0 Å². The highest BCUT2D eigenvalue weighted by atomic mass is 16.5. The Hall–Kier alpha value is -1.81. The molecular weight excluding hydrogens is 240 g/mol. The first-order valence-electron chi connectivity index (χ1n) is 6.48. The molecule has 1 aromatic carbocycles. The van der Waals surface area contributed by atoms with Crippen molar-refractivity contribution in [1.82, 2.24) is 5.16 Å². The predicted octanol–water partition coefficient (Wildman–Crippen LogP) is 3.12. The summed E-state index contributed by atoms with van der Waals surface area (Å²) in [5, 5.41) is 4.14. The van der Waals surface area contributed by atoms with Crippen LogP contribution in [0.3, 0.4) is 0 Å². The molecule has 0 aliphatic carbocycles. The van der Waals surface area contributed by atoms with Crippen molar-refractivity contribution in [2.75, 3.05) is 6.61 Å². The third kappa shape index (κ3) is 2.49. The van der Waals surface area contributed by atoms with Gasteiger partial charge in [0.15, 0.2) is 0 Å². The van der Waals surface area contributed by atoms with Crippen LogP contribution in [0, 0.1) is 20.8 Å². The second-order valence-electron chi connectivity index (χ2n) is 4.64. The van der Waals surface area contributed by atoms with Crippen LogP contribution in [0.4, 0.5) is 0 Å². The molecule has 0 atom stereocenters. The molecule has 2 N–H and O–H groups in total. The van der Waals surface area contributed by atoms with Gasteiger partial charge in [0.25, 0.3) is 0 Å². The Balaban J connectivity index is 2.53. The standard InChI is InChI=1S/C15H20N2O2/c1-5-18-14-7-9(2)12(6-10(14)3)15-13(8-16)11(4)19-17-15/h6-7H,5,8,16H2,1-4H3. The molecule has 0 amide bonds. The number of benzene rings is 1. The number of hydrogen-bond acceptors (Lipinski definition) is 4. The first kappa shape index (κ1) is 13.6. The Bertz CT molecular complexity index is 588. The molecule has 1 aromatic heterocycles. The fraction of sp³-hybridized carbons (Fsp3) is 0.400. The van der Waals surface area contributed by atoms with E-state index in [4.69, 9.17) is 15.0 Å². The van der Waals surface area contributed by atoms with Crippen molar-refractivity contribution in [3.63, 3.8) is 0 Å². The van der Waals surface area contributed by atoms with Crippen LogP contribution in [0.25, 0.3) is 11.3 Å². The smallest absolute Gasteiger partial charge is 0.138 e. The fourth-order valence-electron chi connectivity index (χ4n) is 2.20. The summed E-state index contributed by atoms with van der Waals surface area (Å²) >= 11 is 0. The maximum absolute atomic E-state index is 5.77. The number of aromatic nitrogens is 1. The minimum absolute atomic E-state index is 0.427. The summed E-state index contributed by atoms with van der Waals surface area (Å²) in [6.45, 7) is 9.03. The second kappa shape index (κ2) is 5.45. The van der Waals surface area contributed by atoms with Gasteiger partial charge in [-0.3, -0.25) is 0 Å². The van der Waals surface area contributed by atoms with E-state index in [1.165, 1.54) is 0 Å². The zero-order chi connectivity index (χ0) is 14.0. The van der Waals surface area contributed by atoms with Crippen molar-refractivity contribution >= 4 is 0 Å². The molecule has 0 fully saturated rings. The van der Waals surface area contributed by atoms with Gasteiger partial charge in [0.05, 0.1) is 6.61 Å². The highest BCUT2D eigenvalue weighted by Crippen LogP contribution is 2.32. The van der Waals surface area contributed by atoms with E-state index in [1.54, 1.807) is 0 Å². The lowest BCUT2D eigenvalue weighted by Gasteiger charge is -2.11. The summed E-state index contributed by atoms with van der Waals surface area (Å²) in [6, 6.07) is 4.12. The van der Waals surface area contributed by atoms with Gasteiger partial charge in [-0.15, -0.1) is 0 Å². The Morgan fingerprint density at radius 2 is 1.95 bits per heavy atom. The third-order valence-electron chi connectivity index (χ3n) is 3.27. The molecule has 0 saturated heterocycles. The van der Waals surface area contributed by atoms with Gasteiger partial charge in [0.2, 0.25) is 0 Å². The molecule has 4 nitrogen and oxygen atoms in total. The summed E-state index contributed by atoms with van der Waals surface area (Å²) in [6.07, 6.45) is 0. The Kier molecular flexibility index (Phi) is 3.90. The van der Waals surface area contributed by atoms with Crippen LogP contribution in [0.5, 0.6) is 5.75 Å². The van der Waals surface area contributed by atoms with Gasteiger partial charge >= 0.3 is 0 Å². The number of rotatable bonds is 4. The van der Waals surface area contributed by atoms with Crippen LogP contribution in [0.2, 0.25) is 0 Å². The average molecular weight is 260 g/mol. The van der Waals surface area contributed by atoms with E-state index >= 15 is 0 Å². The van der Waals surface area contributed by atoms with Crippen LogP contribution in [0.15, 0.2) is 16.7 Å². The number of ether oxygens (including phenoxy) is 1. The van der Waals surface area contributed by atoms with Crippen molar-refractivity contribution in [2.24, 2.45) is 5.73 Å². The van der Waals surface area contributed by atoms with Gasteiger partial charge < -0.3 is 15.0 Å². The monoisotopic (exact) mass is 260 g/mol. The molecule has 0 radical (unpaired) electrons. The van der Waals surface area contributed by atoms with Crippen LogP contribution in [-0.2, 0) is 6.54 Å². The maximum Gasteiger partial charge on any atom is 0.138 e. The second-order valence-corrected chi connectivity index (χ2v) is 4.64. The molecule has 0 saturated carbocycles. The average Bonchev–Trinajstić information content (AvgIpc) is 2.74.